The average Bonchev–Trinajstić information content (AvgIpc) is 3.12. The van der Waals surface area contributed by atoms with Crippen LogP contribution in [0.15, 0.2) is 42.3 Å². The first kappa shape index (κ1) is 15.0. The molecule has 0 aromatic carbocycles. The number of carbonyl (C=O) groups excluding carboxylic acids is 1. The SMILES string of the molecule is C=C/C=C/CC(=O)NCC(c1cccs1)N1CCCC1. The summed E-state index contributed by atoms with van der Waals surface area (Å²) in [6.45, 7) is 6.56. The number of allylic oxidation sites excluding steroid dienone is 2. The largest absolute Gasteiger partial charge is 0.354 e. The van der Waals surface area contributed by atoms with E-state index in [9.17, 15) is 4.79 Å². The van der Waals surface area contributed by atoms with E-state index in [1.165, 1.54) is 17.7 Å². The molecule has 1 amide bonds. The molecule has 0 spiro atoms. The highest BCUT2D eigenvalue weighted by molar-refractivity contribution is 7.10. The van der Waals surface area contributed by atoms with Crippen LogP contribution in [0.5, 0.6) is 0 Å². The molecule has 4 heteroatoms. The van der Waals surface area contributed by atoms with Gasteiger partial charge < -0.3 is 5.32 Å². The van der Waals surface area contributed by atoms with Gasteiger partial charge in [-0.2, -0.15) is 0 Å². The summed E-state index contributed by atoms with van der Waals surface area (Å²) in [6.07, 6.45) is 8.26. The number of amides is 1. The van der Waals surface area contributed by atoms with Crippen molar-refractivity contribution >= 4 is 17.2 Å². The van der Waals surface area contributed by atoms with Crippen LogP contribution in [0.3, 0.4) is 0 Å². The van der Waals surface area contributed by atoms with Crippen LogP contribution in [-0.2, 0) is 4.79 Å². The second kappa shape index (κ2) is 8.02. The number of nitrogens with one attached hydrogen (secondary N) is 1. The van der Waals surface area contributed by atoms with Gasteiger partial charge in [-0.15, -0.1) is 11.3 Å². The van der Waals surface area contributed by atoms with Crippen molar-refractivity contribution in [3.63, 3.8) is 0 Å². The molecule has 108 valence electrons. The number of rotatable bonds is 7. The van der Waals surface area contributed by atoms with E-state index in [-0.39, 0.29) is 5.91 Å². The molecule has 1 saturated heterocycles. The predicted octanol–water partition coefficient (Wildman–Crippen LogP) is 3.13. The second-order valence-electron chi connectivity index (χ2n) is 4.95. The highest BCUT2D eigenvalue weighted by Crippen LogP contribution is 2.27. The summed E-state index contributed by atoms with van der Waals surface area (Å²) in [6, 6.07) is 4.57. The Morgan fingerprint density at radius 2 is 2.30 bits per heavy atom. The summed E-state index contributed by atoms with van der Waals surface area (Å²) in [7, 11) is 0. The maximum Gasteiger partial charge on any atom is 0.223 e. The Bertz CT molecular complexity index is 447. The van der Waals surface area contributed by atoms with Crippen LogP contribution in [0.1, 0.15) is 30.2 Å². The molecule has 0 radical (unpaired) electrons. The minimum atomic E-state index is 0.0730. The quantitative estimate of drug-likeness (QED) is 0.783. The first-order chi connectivity index (χ1) is 9.81. The lowest BCUT2D eigenvalue weighted by molar-refractivity contribution is -0.120. The molecular weight excluding hydrogens is 268 g/mol. The van der Waals surface area contributed by atoms with Crippen molar-refractivity contribution in [3.8, 4) is 0 Å². The molecule has 0 aliphatic carbocycles. The van der Waals surface area contributed by atoms with E-state index < -0.39 is 0 Å². The molecule has 1 fully saturated rings. The van der Waals surface area contributed by atoms with Crippen LogP contribution in [0, 0.1) is 0 Å². The monoisotopic (exact) mass is 290 g/mol. The third-order valence-electron chi connectivity index (χ3n) is 3.52. The number of hydrogen-bond donors (Lipinski definition) is 1. The third-order valence-corrected chi connectivity index (χ3v) is 4.49. The Morgan fingerprint density at radius 3 is 2.95 bits per heavy atom. The van der Waals surface area contributed by atoms with Crippen LogP contribution >= 0.6 is 11.3 Å². The van der Waals surface area contributed by atoms with Gasteiger partial charge in [-0.25, -0.2) is 0 Å². The molecule has 3 nitrogen and oxygen atoms in total. The summed E-state index contributed by atoms with van der Waals surface area (Å²) < 4.78 is 0. The van der Waals surface area contributed by atoms with E-state index in [4.69, 9.17) is 0 Å². The molecule has 1 aromatic heterocycles. The van der Waals surface area contributed by atoms with Crippen molar-refractivity contribution in [3.05, 3.63) is 47.2 Å². The maximum absolute atomic E-state index is 11.8. The highest BCUT2D eigenvalue weighted by atomic mass is 32.1. The summed E-state index contributed by atoms with van der Waals surface area (Å²) in [4.78, 5) is 15.6. The molecule has 2 heterocycles. The van der Waals surface area contributed by atoms with E-state index in [0.29, 0.717) is 19.0 Å². The fourth-order valence-electron chi connectivity index (χ4n) is 2.50. The number of hydrogen-bond acceptors (Lipinski definition) is 3. The topological polar surface area (TPSA) is 32.3 Å². The van der Waals surface area contributed by atoms with Gasteiger partial charge >= 0.3 is 0 Å². The lowest BCUT2D eigenvalue weighted by Gasteiger charge is -2.26. The normalized spacial score (nSPS) is 17.4. The van der Waals surface area contributed by atoms with Crippen LogP contribution in [-0.4, -0.2) is 30.4 Å². The molecular formula is C16H22N2OS. The lowest BCUT2D eigenvalue weighted by Crippen LogP contribution is -2.36. The lowest BCUT2D eigenvalue weighted by atomic mass is 10.2. The maximum atomic E-state index is 11.8. The minimum Gasteiger partial charge on any atom is -0.354 e. The number of likely N-dealkylation sites (tertiary alicyclic amines) is 1. The molecule has 1 aliphatic rings. The molecule has 20 heavy (non-hydrogen) atoms. The van der Waals surface area contributed by atoms with Gasteiger partial charge in [0.2, 0.25) is 5.91 Å². The van der Waals surface area contributed by atoms with Gasteiger partial charge in [0.05, 0.1) is 6.04 Å². The van der Waals surface area contributed by atoms with Crippen molar-refractivity contribution < 1.29 is 4.79 Å². The van der Waals surface area contributed by atoms with Crippen molar-refractivity contribution in [1.82, 2.24) is 10.2 Å². The second-order valence-corrected chi connectivity index (χ2v) is 5.93. The first-order valence-corrected chi connectivity index (χ1v) is 8.01. The van der Waals surface area contributed by atoms with Crippen molar-refractivity contribution in [2.24, 2.45) is 0 Å². The van der Waals surface area contributed by atoms with Gasteiger partial charge in [-0.05, 0) is 37.4 Å². The zero-order chi connectivity index (χ0) is 14.2. The average molecular weight is 290 g/mol. The van der Waals surface area contributed by atoms with Gasteiger partial charge in [0.15, 0.2) is 0 Å². The Morgan fingerprint density at radius 1 is 1.50 bits per heavy atom. The number of nitrogens with zero attached hydrogens (tertiary/aromatic N) is 1. The van der Waals surface area contributed by atoms with Gasteiger partial charge in [0.1, 0.15) is 0 Å². The molecule has 1 unspecified atom stereocenters. The van der Waals surface area contributed by atoms with Gasteiger partial charge in [-0.3, -0.25) is 9.69 Å². The molecule has 1 N–H and O–H groups in total. The molecule has 1 aliphatic heterocycles. The van der Waals surface area contributed by atoms with E-state index in [0.717, 1.165) is 13.1 Å². The molecule has 0 bridgehead atoms. The summed E-state index contributed by atoms with van der Waals surface area (Å²) in [5.74, 6) is 0.0730. The van der Waals surface area contributed by atoms with Gasteiger partial charge in [0, 0.05) is 17.8 Å². The van der Waals surface area contributed by atoms with Crippen molar-refractivity contribution in [2.45, 2.75) is 25.3 Å². The fourth-order valence-corrected chi connectivity index (χ4v) is 3.36. The first-order valence-electron chi connectivity index (χ1n) is 7.13. The minimum absolute atomic E-state index is 0.0730. The van der Waals surface area contributed by atoms with E-state index in [1.54, 1.807) is 23.5 Å². The fraction of sp³-hybridized carbons (Fsp3) is 0.438. The molecule has 2 rings (SSSR count). The number of thiophene rings is 1. The Labute approximate surface area is 125 Å². The smallest absolute Gasteiger partial charge is 0.223 e. The molecule has 1 atom stereocenters. The Kier molecular flexibility index (Phi) is 6.02. The van der Waals surface area contributed by atoms with E-state index in [2.05, 4.69) is 34.3 Å². The zero-order valence-corrected chi connectivity index (χ0v) is 12.6. The van der Waals surface area contributed by atoms with Crippen LogP contribution in [0.25, 0.3) is 0 Å². The third kappa shape index (κ3) is 4.32. The Balaban J connectivity index is 1.89. The van der Waals surface area contributed by atoms with Crippen LogP contribution < -0.4 is 5.32 Å². The summed E-state index contributed by atoms with van der Waals surface area (Å²) >= 11 is 1.77. The summed E-state index contributed by atoms with van der Waals surface area (Å²) in [5.41, 5.74) is 0. The zero-order valence-electron chi connectivity index (χ0n) is 11.8. The molecule has 1 aromatic rings. The van der Waals surface area contributed by atoms with Gasteiger partial charge in [-0.1, -0.05) is 30.9 Å². The Hall–Kier alpha value is -1.39. The van der Waals surface area contributed by atoms with Gasteiger partial charge in [0.25, 0.3) is 0 Å². The van der Waals surface area contributed by atoms with Crippen molar-refractivity contribution in [2.75, 3.05) is 19.6 Å². The van der Waals surface area contributed by atoms with E-state index in [1.807, 2.05) is 6.08 Å². The standard InChI is InChI=1S/C16H22N2OS/c1-2-3-4-9-16(19)17-13-14(15-8-7-12-20-15)18-10-5-6-11-18/h2-4,7-8,12,14H,1,5-6,9-11,13H2,(H,17,19)/b4-3+. The van der Waals surface area contributed by atoms with Crippen LogP contribution in [0.4, 0.5) is 0 Å². The van der Waals surface area contributed by atoms with Crippen LogP contribution in [0.2, 0.25) is 0 Å². The van der Waals surface area contributed by atoms with E-state index >= 15 is 0 Å². The van der Waals surface area contributed by atoms with Crippen molar-refractivity contribution in [1.29, 1.82) is 0 Å². The predicted molar refractivity (Wildman–Crippen MR) is 84.8 cm³/mol. The molecule has 0 saturated carbocycles. The number of carbonyl (C=O) groups is 1. The highest BCUT2D eigenvalue weighted by Gasteiger charge is 2.24. The summed E-state index contributed by atoms with van der Waals surface area (Å²) in [5, 5.41) is 5.15.